The zero-order valence-corrected chi connectivity index (χ0v) is 14.1. The van der Waals surface area contributed by atoms with E-state index in [-0.39, 0.29) is 0 Å². The third-order valence-corrected chi connectivity index (χ3v) is 4.85. The Hall–Kier alpha value is -1.33. The van der Waals surface area contributed by atoms with Crippen molar-refractivity contribution in [3.63, 3.8) is 0 Å². The van der Waals surface area contributed by atoms with E-state index in [9.17, 15) is 0 Å². The fraction of sp³-hybridized carbons (Fsp3) is 0.438. The van der Waals surface area contributed by atoms with Crippen molar-refractivity contribution in [2.24, 2.45) is 0 Å². The molecule has 1 aromatic carbocycles. The van der Waals surface area contributed by atoms with Gasteiger partial charge in [-0.3, -0.25) is 9.88 Å². The molecule has 1 aromatic heterocycles. The molecule has 1 saturated heterocycles. The van der Waals surface area contributed by atoms with Crippen molar-refractivity contribution in [2.75, 3.05) is 37.3 Å². The molecule has 0 radical (unpaired) electrons. The average Bonchev–Trinajstić information content (AvgIpc) is 2.49. The number of piperazine rings is 1. The molecule has 3 rings (SSSR count). The fourth-order valence-electron chi connectivity index (χ4n) is 3.06. The first kappa shape index (κ1) is 14.6. The molecular formula is C16H21BrN4. The molecule has 2 aromatic rings. The van der Waals surface area contributed by atoms with E-state index in [0.717, 1.165) is 40.7 Å². The molecule has 4 nitrogen and oxygen atoms in total. The molecule has 0 aliphatic carbocycles. The first-order valence-corrected chi connectivity index (χ1v) is 8.18. The lowest BCUT2D eigenvalue weighted by atomic mass is 10.1. The summed E-state index contributed by atoms with van der Waals surface area (Å²) in [5, 5.41) is 1.02. The zero-order valence-electron chi connectivity index (χ0n) is 12.5. The number of nitrogens with zero attached hydrogens (tertiary/aromatic N) is 3. The summed E-state index contributed by atoms with van der Waals surface area (Å²) in [6.07, 6.45) is 3.01. The Morgan fingerprint density at radius 3 is 2.95 bits per heavy atom. The number of fused-ring (bicyclic) bond motifs is 1. The molecule has 2 heterocycles. The van der Waals surface area contributed by atoms with Crippen LogP contribution in [0, 0.1) is 0 Å². The van der Waals surface area contributed by atoms with Crippen LogP contribution in [0.5, 0.6) is 0 Å². The van der Waals surface area contributed by atoms with Crippen LogP contribution < -0.4 is 10.6 Å². The van der Waals surface area contributed by atoms with Crippen LogP contribution in [0.15, 0.2) is 28.9 Å². The molecule has 1 aliphatic heterocycles. The monoisotopic (exact) mass is 348 g/mol. The maximum absolute atomic E-state index is 6.11. The summed E-state index contributed by atoms with van der Waals surface area (Å²) in [5.41, 5.74) is 9.08. The van der Waals surface area contributed by atoms with Crippen molar-refractivity contribution in [2.45, 2.75) is 19.4 Å². The maximum atomic E-state index is 6.11. The van der Waals surface area contributed by atoms with Crippen molar-refractivity contribution >= 4 is 38.2 Å². The number of likely N-dealkylation sites (N-methyl/N-ethyl adjacent to an activating group) is 1. The molecule has 0 spiro atoms. The van der Waals surface area contributed by atoms with E-state index in [2.05, 4.69) is 56.8 Å². The molecule has 0 saturated carbocycles. The first-order chi connectivity index (χ1) is 10.1. The minimum atomic E-state index is 0.599. The van der Waals surface area contributed by atoms with Crippen LogP contribution >= 0.6 is 15.9 Å². The van der Waals surface area contributed by atoms with Gasteiger partial charge in [-0.25, -0.2) is 0 Å². The van der Waals surface area contributed by atoms with E-state index in [1.165, 1.54) is 12.1 Å². The molecular weight excluding hydrogens is 328 g/mol. The molecule has 21 heavy (non-hydrogen) atoms. The Bertz CT molecular complexity index is 658. The summed E-state index contributed by atoms with van der Waals surface area (Å²) in [6.45, 7) is 5.41. The van der Waals surface area contributed by atoms with Crippen LogP contribution in [0.3, 0.4) is 0 Å². The van der Waals surface area contributed by atoms with Crippen LogP contribution in [0.4, 0.5) is 11.4 Å². The SMILES string of the molecule is CCC1CN(c2ccc(N)c3cc(Br)cnc23)CCN1C. The minimum Gasteiger partial charge on any atom is -0.398 e. The van der Waals surface area contributed by atoms with Crippen molar-refractivity contribution < 1.29 is 0 Å². The molecule has 112 valence electrons. The minimum absolute atomic E-state index is 0.599. The van der Waals surface area contributed by atoms with Gasteiger partial charge in [-0.15, -0.1) is 0 Å². The second kappa shape index (κ2) is 5.81. The Kier molecular flexibility index (Phi) is 4.04. The van der Waals surface area contributed by atoms with E-state index in [1.807, 2.05) is 12.3 Å². The second-order valence-corrected chi connectivity index (χ2v) is 6.63. The predicted octanol–water partition coefficient (Wildman–Crippen LogP) is 3.11. The fourth-order valence-corrected chi connectivity index (χ4v) is 3.39. The first-order valence-electron chi connectivity index (χ1n) is 7.39. The van der Waals surface area contributed by atoms with Gasteiger partial charge < -0.3 is 10.6 Å². The summed E-state index contributed by atoms with van der Waals surface area (Å²) < 4.78 is 0.962. The van der Waals surface area contributed by atoms with Gasteiger partial charge in [0, 0.05) is 47.4 Å². The summed E-state index contributed by atoms with van der Waals surface area (Å²) in [6, 6.07) is 6.75. The number of aromatic nitrogens is 1. The third kappa shape index (κ3) is 2.72. The van der Waals surface area contributed by atoms with E-state index in [1.54, 1.807) is 0 Å². The average molecular weight is 349 g/mol. The number of nitrogens with two attached hydrogens (primary N) is 1. The van der Waals surface area contributed by atoms with E-state index >= 15 is 0 Å². The summed E-state index contributed by atoms with van der Waals surface area (Å²) in [7, 11) is 2.21. The Morgan fingerprint density at radius 1 is 1.38 bits per heavy atom. The number of pyridine rings is 1. The van der Waals surface area contributed by atoms with Gasteiger partial charge in [0.25, 0.3) is 0 Å². The molecule has 0 amide bonds. The molecule has 1 unspecified atom stereocenters. The molecule has 1 fully saturated rings. The van der Waals surface area contributed by atoms with Gasteiger partial charge in [-0.1, -0.05) is 6.92 Å². The lowest BCUT2D eigenvalue weighted by Crippen LogP contribution is -2.51. The Labute approximate surface area is 134 Å². The lowest BCUT2D eigenvalue weighted by molar-refractivity contribution is 0.213. The zero-order chi connectivity index (χ0) is 15.0. The highest BCUT2D eigenvalue weighted by Crippen LogP contribution is 2.32. The predicted molar refractivity (Wildman–Crippen MR) is 92.8 cm³/mol. The number of hydrogen-bond donors (Lipinski definition) is 1. The van der Waals surface area contributed by atoms with E-state index < -0.39 is 0 Å². The van der Waals surface area contributed by atoms with Crippen molar-refractivity contribution in [1.82, 2.24) is 9.88 Å². The highest BCUT2D eigenvalue weighted by Gasteiger charge is 2.24. The number of hydrogen-bond acceptors (Lipinski definition) is 4. The summed E-state index contributed by atoms with van der Waals surface area (Å²) >= 11 is 3.48. The number of benzene rings is 1. The van der Waals surface area contributed by atoms with Gasteiger partial charge in [0.2, 0.25) is 0 Å². The van der Waals surface area contributed by atoms with Crippen molar-refractivity contribution in [3.05, 3.63) is 28.9 Å². The molecule has 5 heteroatoms. The largest absolute Gasteiger partial charge is 0.398 e. The van der Waals surface area contributed by atoms with Gasteiger partial charge in [0.15, 0.2) is 0 Å². The number of rotatable bonds is 2. The Balaban J connectivity index is 2.03. The topological polar surface area (TPSA) is 45.4 Å². The highest BCUT2D eigenvalue weighted by molar-refractivity contribution is 9.10. The van der Waals surface area contributed by atoms with E-state index in [4.69, 9.17) is 5.73 Å². The Morgan fingerprint density at radius 2 is 2.19 bits per heavy atom. The lowest BCUT2D eigenvalue weighted by Gasteiger charge is -2.40. The van der Waals surface area contributed by atoms with Crippen molar-refractivity contribution in [1.29, 1.82) is 0 Å². The van der Waals surface area contributed by atoms with Crippen LogP contribution in [-0.2, 0) is 0 Å². The van der Waals surface area contributed by atoms with Crippen molar-refractivity contribution in [3.8, 4) is 0 Å². The summed E-state index contributed by atoms with van der Waals surface area (Å²) in [4.78, 5) is 9.49. The van der Waals surface area contributed by atoms with Crippen LogP contribution in [0.25, 0.3) is 10.9 Å². The standard InChI is InChI=1S/C16H21BrN4/c1-3-12-10-21(7-6-20(12)2)15-5-4-14(18)13-8-11(17)9-19-16(13)15/h4-5,8-9,12H,3,6-7,10,18H2,1-2H3. The smallest absolute Gasteiger partial charge is 0.0956 e. The highest BCUT2D eigenvalue weighted by atomic mass is 79.9. The van der Waals surface area contributed by atoms with Crippen LogP contribution in [-0.4, -0.2) is 42.6 Å². The molecule has 0 bridgehead atoms. The molecule has 1 aliphatic rings. The molecule has 1 atom stereocenters. The van der Waals surface area contributed by atoms with Gasteiger partial charge in [-0.05, 0) is 47.6 Å². The maximum Gasteiger partial charge on any atom is 0.0956 e. The van der Waals surface area contributed by atoms with Gasteiger partial charge in [0.05, 0.1) is 11.2 Å². The third-order valence-electron chi connectivity index (χ3n) is 4.42. The second-order valence-electron chi connectivity index (χ2n) is 5.71. The number of nitrogen functional groups attached to an aromatic ring is 1. The number of anilines is 2. The van der Waals surface area contributed by atoms with Gasteiger partial charge in [0.1, 0.15) is 0 Å². The molecule has 2 N–H and O–H groups in total. The summed E-state index contributed by atoms with van der Waals surface area (Å²) in [5.74, 6) is 0. The van der Waals surface area contributed by atoms with Gasteiger partial charge >= 0.3 is 0 Å². The van der Waals surface area contributed by atoms with Crippen LogP contribution in [0.1, 0.15) is 13.3 Å². The van der Waals surface area contributed by atoms with E-state index in [0.29, 0.717) is 6.04 Å². The number of halogens is 1. The van der Waals surface area contributed by atoms with Crippen LogP contribution in [0.2, 0.25) is 0 Å². The normalized spacial score (nSPS) is 20.1. The van der Waals surface area contributed by atoms with Gasteiger partial charge in [-0.2, -0.15) is 0 Å². The quantitative estimate of drug-likeness (QED) is 0.847.